The van der Waals surface area contributed by atoms with Crippen LogP contribution in [0.1, 0.15) is 18.0 Å². The zero-order chi connectivity index (χ0) is 15.2. The number of rotatable bonds is 2. The summed E-state index contributed by atoms with van der Waals surface area (Å²) in [6.07, 6.45) is 0.582. The van der Waals surface area contributed by atoms with Crippen LogP contribution in [-0.4, -0.2) is 29.7 Å². The molecule has 112 valence electrons. The molecule has 5 nitrogen and oxygen atoms in total. The van der Waals surface area contributed by atoms with Gasteiger partial charge in [-0.15, -0.1) is 0 Å². The average molecular weight is 417 g/mol. The fourth-order valence-electron chi connectivity index (χ4n) is 2.65. The molecule has 1 saturated heterocycles. The molecule has 7 heteroatoms. The van der Waals surface area contributed by atoms with Crippen molar-refractivity contribution >= 4 is 38.2 Å². The van der Waals surface area contributed by atoms with Crippen LogP contribution in [0.2, 0.25) is 0 Å². The summed E-state index contributed by atoms with van der Waals surface area (Å²) in [6.45, 7) is 2.05. The fraction of sp³-hybridized carbons (Fsp3) is 0.357. The summed E-state index contributed by atoms with van der Waals surface area (Å²) in [6, 6.07) is 7.72. The van der Waals surface area contributed by atoms with Gasteiger partial charge in [-0.25, -0.2) is 13.1 Å². The van der Waals surface area contributed by atoms with Crippen molar-refractivity contribution < 1.29 is 8.42 Å². The number of aromatic nitrogens is 2. The molecule has 2 N–H and O–H groups in total. The van der Waals surface area contributed by atoms with Gasteiger partial charge in [-0.3, -0.25) is 0 Å². The Morgan fingerprint density at radius 1 is 1.43 bits per heavy atom. The van der Waals surface area contributed by atoms with E-state index >= 15 is 0 Å². The lowest BCUT2D eigenvalue weighted by Gasteiger charge is -2.10. The van der Waals surface area contributed by atoms with Gasteiger partial charge in [0.15, 0.2) is 9.84 Å². The maximum Gasteiger partial charge on any atom is 0.152 e. The highest BCUT2D eigenvalue weighted by Gasteiger charge is 2.31. The molecule has 0 amide bonds. The third-order valence-electron chi connectivity index (χ3n) is 3.79. The smallest absolute Gasteiger partial charge is 0.152 e. The van der Waals surface area contributed by atoms with Crippen LogP contribution in [0.4, 0.5) is 5.82 Å². The summed E-state index contributed by atoms with van der Waals surface area (Å²) < 4.78 is 26.0. The molecule has 21 heavy (non-hydrogen) atoms. The third kappa shape index (κ3) is 2.80. The lowest BCUT2D eigenvalue weighted by atomic mass is 10.1. The van der Waals surface area contributed by atoms with Gasteiger partial charge < -0.3 is 5.73 Å². The summed E-state index contributed by atoms with van der Waals surface area (Å²) in [4.78, 5) is 0. The minimum absolute atomic E-state index is 0.128. The number of hydrogen-bond donors (Lipinski definition) is 1. The molecule has 3 rings (SSSR count). The number of benzene rings is 1. The maximum atomic E-state index is 11.6. The first-order chi connectivity index (χ1) is 9.87. The van der Waals surface area contributed by atoms with Crippen molar-refractivity contribution in [3.8, 4) is 11.3 Å². The SMILES string of the molecule is Cc1cccc(-c2cc(N)n(C3CCS(=O)(=O)C3)n2)c1I. The van der Waals surface area contributed by atoms with E-state index in [4.69, 9.17) is 5.73 Å². The highest BCUT2D eigenvalue weighted by Crippen LogP contribution is 2.31. The molecule has 0 saturated carbocycles. The van der Waals surface area contributed by atoms with Gasteiger partial charge in [-0.1, -0.05) is 18.2 Å². The number of anilines is 1. The topological polar surface area (TPSA) is 78.0 Å². The number of nitrogens with two attached hydrogens (primary N) is 1. The molecule has 1 atom stereocenters. The average Bonchev–Trinajstić information content (AvgIpc) is 2.95. The van der Waals surface area contributed by atoms with Crippen molar-refractivity contribution in [1.82, 2.24) is 9.78 Å². The fourth-order valence-corrected chi connectivity index (χ4v) is 4.97. The summed E-state index contributed by atoms with van der Waals surface area (Å²) in [5.41, 5.74) is 9.05. The van der Waals surface area contributed by atoms with Gasteiger partial charge in [0.2, 0.25) is 0 Å². The predicted molar refractivity (Wildman–Crippen MR) is 91.8 cm³/mol. The number of sulfone groups is 1. The monoisotopic (exact) mass is 417 g/mol. The first-order valence-corrected chi connectivity index (χ1v) is 9.58. The quantitative estimate of drug-likeness (QED) is 0.762. The number of nitrogens with zero attached hydrogens (tertiary/aromatic N) is 2. The Labute approximate surface area is 137 Å². The molecule has 1 fully saturated rings. The highest BCUT2D eigenvalue weighted by molar-refractivity contribution is 14.1. The minimum atomic E-state index is -2.95. The van der Waals surface area contributed by atoms with Crippen molar-refractivity contribution in [3.05, 3.63) is 33.4 Å². The first kappa shape index (κ1) is 14.8. The van der Waals surface area contributed by atoms with Gasteiger partial charge in [0.1, 0.15) is 5.82 Å². The molecule has 2 heterocycles. The summed E-state index contributed by atoms with van der Waals surface area (Å²) in [5.74, 6) is 0.863. The van der Waals surface area contributed by atoms with Gasteiger partial charge in [0, 0.05) is 15.2 Å². The molecule has 1 aromatic carbocycles. The largest absolute Gasteiger partial charge is 0.384 e. The maximum absolute atomic E-state index is 11.6. The molecular formula is C14H16IN3O2S. The Balaban J connectivity index is 2.01. The van der Waals surface area contributed by atoms with E-state index in [1.165, 1.54) is 5.56 Å². The molecule has 0 aliphatic carbocycles. The van der Waals surface area contributed by atoms with Crippen LogP contribution >= 0.6 is 22.6 Å². The molecular weight excluding hydrogens is 401 g/mol. The Kier molecular flexibility index (Phi) is 3.73. The number of halogens is 1. The second-order valence-corrected chi connectivity index (χ2v) is 8.70. The van der Waals surface area contributed by atoms with Crippen molar-refractivity contribution in [1.29, 1.82) is 0 Å². The Hall–Kier alpha value is -1.09. The van der Waals surface area contributed by atoms with Crippen molar-refractivity contribution in [3.63, 3.8) is 0 Å². The van der Waals surface area contributed by atoms with E-state index in [0.29, 0.717) is 12.2 Å². The van der Waals surface area contributed by atoms with Crippen molar-refractivity contribution in [2.24, 2.45) is 0 Å². The summed E-state index contributed by atoms with van der Waals surface area (Å²) >= 11 is 2.30. The highest BCUT2D eigenvalue weighted by atomic mass is 127. The summed E-state index contributed by atoms with van der Waals surface area (Å²) in [7, 11) is -2.95. The zero-order valence-corrected chi connectivity index (χ0v) is 14.6. The van der Waals surface area contributed by atoms with Crippen LogP contribution in [0.25, 0.3) is 11.3 Å². The van der Waals surface area contributed by atoms with Crippen LogP contribution in [-0.2, 0) is 9.84 Å². The van der Waals surface area contributed by atoms with Crippen molar-refractivity contribution in [2.75, 3.05) is 17.2 Å². The number of hydrogen-bond acceptors (Lipinski definition) is 4. The van der Waals surface area contributed by atoms with E-state index in [2.05, 4.69) is 40.7 Å². The summed E-state index contributed by atoms with van der Waals surface area (Å²) in [5, 5.41) is 4.55. The molecule has 1 aliphatic heterocycles. The normalized spacial score (nSPS) is 20.8. The second kappa shape index (κ2) is 5.28. The molecule has 1 unspecified atom stereocenters. The van der Waals surface area contributed by atoms with E-state index in [-0.39, 0.29) is 17.5 Å². The minimum Gasteiger partial charge on any atom is -0.384 e. The molecule has 0 radical (unpaired) electrons. The lowest BCUT2D eigenvalue weighted by molar-refractivity contribution is 0.508. The van der Waals surface area contributed by atoms with Crippen LogP contribution in [0.5, 0.6) is 0 Å². The van der Waals surface area contributed by atoms with Crippen LogP contribution < -0.4 is 5.73 Å². The molecule has 2 aromatic rings. The van der Waals surface area contributed by atoms with Crippen LogP contribution in [0.15, 0.2) is 24.3 Å². The van der Waals surface area contributed by atoms with Crippen LogP contribution in [0, 0.1) is 10.5 Å². The van der Waals surface area contributed by atoms with Gasteiger partial charge in [-0.2, -0.15) is 5.10 Å². The van der Waals surface area contributed by atoms with Crippen LogP contribution in [0.3, 0.4) is 0 Å². The standard InChI is InChI=1S/C14H16IN3O2S/c1-9-3-2-4-11(14(9)15)12-7-13(16)18(17-12)10-5-6-21(19,20)8-10/h2-4,7,10H,5-6,8,16H2,1H3. The molecule has 0 spiro atoms. The Bertz CT molecular complexity index is 799. The number of aryl methyl sites for hydroxylation is 1. The van der Waals surface area contributed by atoms with Gasteiger partial charge in [-0.05, 0) is 41.5 Å². The number of nitrogen functional groups attached to an aromatic ring is 1. The predicted octanol–water partition coefficient (Wildman–Crippen LogP) is 2.40. The van der Waals surface area contributed by atoms with E-state index < -0.39 is 9.84 Å². The Morgan fingerprint density at radius 3 is 2.86 bits per heavy atom. The molecule has 0 bridgehead atoms. The Morgan fingerprint density at radius 2 is 2.19 bits per heavy atom. The van der Waals surface area contributed by atoms with E-state index in [1.807, 2.05) is 18.2 Å². The zero-order valence-electron chi connectivity index (χ0n) is 11.6. The second-order valence-electron chi connectivity index (χ2n) is 5.39. The van der Waals surface area contributed by atoms with E-state index in [0.717, 1.165) is 14.8 Å². The van der Waals surface area contributed by atoms with E-state index in [9.17, 15) is 8.42 Å². The van der Waals surface area contributed by atoms with Gasteiger partial charge in [0.25, 0.3) is 0 Å². The van der Waals surface area contributed by atoms with Crippen molar-refractivity contribution in [2.45, 2.75) is 19.4 Å². The van der Waals surface area contributed by atoms with Gasteiger partial charge >= 0.3 is 0 Å². The van der Waals surface area contributed by atoms with E-state index in [1.54, 1.807) is 4.68 Å². The first-order valence-electron chi connectivity index (χ1n) is 6.68. The van der Waals surface area contributed by atoms with Gasteiger partial charge in [0.05, 0.1) is 23.2 Å². The third-order valence-corrected chi connectivity index (χ3v) is 6.97. The lowest BCUT2D eigenvalue weighted by Crippen LogP contribution is -2.14. The molecule has 1 aliphatic rings. The molecule has 1 aromatic heterocycles.